The van der Waals surface area contributed by atoms with E-state index in [0.29, 0.717) is 6.54 Å². The lowest BCUT2D eigenvalue weighted by Gasteiger charge is -2.13. The van der Waals surface area contributed by atoms with Gasteiger partial charge in [0.15, 0.2) is 0 Å². The fourth-order valence-corrected chi connectivity index (χ4v) is 4.10. The molecule has 0 saturated carbocycles. The number of nitrogens with zero attached hydrogens (tertiary/aromatic N) is 2. The number of aromatic nitrogens is 2. The van der Waals surface area contributed by atoms with E-state index in [1.807, 2.05) is 41.2 Å². The molecule has 0 aliphatic carbocycles. The zero-order valence-corrected chi connectivity index (χ0v) is 15.3. The van der Waals surface area contributed by atoms with Crippen molar-refractivity contribution in [2.45, 2.75) is 32.0 Å². The predicted molar refractivity (Wildman–Crippen MR) is 102 cm³/mol. The first kappa shape index (κ1) is 17.0. The van der Waals surface area contributed by atoms with Crippen LogP contribution in [0.25, 0.3) is 5.69 Å². The third-order valence-electron chi connectivity index (χ3n) is 4.52. The van der Waals surface area contributed by atoms with Gasteiger partial charge in [-0.1, -0.05) is 18.2 Å². The second kappa shape index (κ2) is 7.41. The van der Waals surface area contributed by atoms with Gasteiger partial charge in [-0.25, -0.2) is 15.5 Å². The topological polar surface area (TPSA) is 71.0 Å². The highest BCUT2D eigenvalue weighted by Gasteiger charge is 2.30. The summed E-state index contributed by atoms with van der Waals surface area (Å²) in [6, 6.07) is 14.0. The van der Waals surface area contributed by atoms with Crippen LogP contribution >= 0.6 is 11.3 Å². The van der Waals surface area contributed by atoms with Gasteiger partial charge in [0.2, 0.25) is 5.91 Å². The van der Waals surface area contributed by atoms with Crippen molar-refractivity contribution in [2.75, 3.05) is 0 Å². The minimum atomic E-state index is -0.237. The number of nitrogens with one attached hydrogen (secondary N) is 3. The Morgan fingerprint density at radius 3 is 2.92 bits per heavy atom. The molecule has 26 heavy (non-hydrogen) atoms. The van der Waals surface area contributed by atoms with E-state index in [2.05, 4.69) is 40.3 Å². The molecule has 7 heteroatoms. The first-order valence-corrected chi connectivity index (χ1v) is 9.45. The number of thiophene rings is 1. The van der Waals surface area contributed by atoms with Crippen LogP contribution in [0.15, 0.2) is 54.9 Å². The summed E-state index contributed by atoms with van der Waals surface area (Å²) in [5, 5.41) is 7.32. The van der Waals surface area contributed by atoms with E-state index >= 15 is 0 Å². The minimum absolute atomic E-state index is 0.00328. The Morgan fingerprint density at radius 1 is 1.27 bits per heavy atom. The second-order valence-electron chi connectivity index (χ2n) is 6.38. The maximum atomic E-state index is 12.6. The molecule has 4 rings (SSSR count). The largest absolute Gasteiger partial charge is 0.351 e. The van der Waals surface area contributed by atoms with E-state index < -0.39 is 0 Å². The highest BCUT2D eigenvalue weighted by molar-refractivity contribution is 7.12. The molecule has 2 atom stereocenters. The number of carbonyl (C=O) groups is 1. The van der Waals surface area contributed by atoms with E-state index in [4.69, 9.17) is 0 Å². The first-order valence-electron chi connectivity index (χ1n) is 8.64. The number of para-hydroxylation sites is 1. The monoisotopic (exact) mass is 367 g/mol. The van der Waals surface area contributed by atoms with Gasteiger partial charge in [-0.05, 0) is 43.2 Å². The molecule has 3 heterocycles. The summed E-state index contributed by atoms with van der Waals surface area (Å²) < 4.78 is 1.81. The molecule has 0 spiro atoms. The van der Waals surface area contributed by atoms with E-state index in [1.54, 1.807) is 17.5 Å². The van der Waals surface area contributed by atoms with Crippen LogP contribution in [0, 0.1) is 6.92 Å². The highest BCUT2D eigenvalue weighted by Crippen LogP contribution is 2.28. The van der Waals surface area contributed by atoms with Crippen LogP contribution in [-0.2, 0) is 11.3 Å². The van der Waals surface area contributed by atoms with E-state index in [9.17, 15) is 4.79 Å². The summed E-state index contributed by atoms with van der Waals surface area (Å²) in [6.45, 7) is 2.56. The Kier molecular flexibility index (Phi) is 4.83. The summed E-state index contributed by atoms with van der Waals surface area (Å²) in [5.41, 5.74) is 8.36. The second-order valence-corrected chi connectivity index (χ2v) is 7.69. The van der Waals surface area contributed by atoms with Crippen molar-refractivity contribution in [3.63, 3.8) is 0 Å². The molecule has 1 aliphatic heterocycles. The van der Waals surface area contributed by atoms with Gasteiger partial charge in [0.05, 0.1) is 11.7 Å². The van der Waals surface area contributed by atoms with Crippen LogP contribution in [0.4, 0.5) is 0 Å². The number of amides is 1. The minimum Gasteiger partial charge on any atom is -0.351 e. The lowest BCUT2D eigenvalue weighted by atomic mass is 10.1. The molecule has 0 radical (unpaired) electrons. The highest BCUT2D eigenvalue weighted by atomic mass is 32.1. The number of rotatable bonds is 5. The molecule has 2 unspecified atom stereocenters. The molecular formula is C19H21N5OS. The number of carbonyl (C=O) groups excluding carboxylic acids is 1. The Morgan fingerprint density at radius 2 is 2.15 bits per heavy atom. The predicted octanol–water partition coefficient (Wildman–Crippen LogP) is 2.47. The van der Waals surface area contributed by atoms with Crippen LogP contribution in [0.5, 0.6) is 0 Å². The molecular weight excluding hydrogens is 346 g/mol. The van der Waals surface area contributed by atoms with Crippen LogP contribution in [-0.4, -0.2) is 21.7 Å². The third kappa shape index (κ3) is 3.55. The molecule has 6 nitrogen and oxygen atoms in total. The van der Waals surface area contributed by atoms with Crippen molar-refractivity contribution in [3.05, 3.63) is 70.2 Å². The maximum Gasteiger partial charge on any atom is 0.238 e. The molecule has 1 amide bonds. The fraction of sp³-hybridized carbons (Fsp3) is 0.263. The smallest absolute Gasteiger partial charge is 0.238 e. The summed E-state index contributed by atoms with van der Waals surface area (Å²) in [4.78, 5) is 15.1. The number of hydrogen-bond acceptors (Lipinski definition) is 5. The maximum absolute atomic E-state index is 12.6. The molecule has 3 aromatic rings. The molecule has 1 aliphatic rings. The summed E-state index contributed by atoms with van der Waals surface area (Å²) >= 11 is 1.77. The van der Waals surface area contributed by atoms with Gasteiger partial charge >= 0.3 is 0 Å². The van der Waals surface area contributed by atoms with Crippen LogP contribution in [0.1, 0.15) is 27.8 Å². The van der Waals surface area contributed by atoms with Crippen molar-refractivity contribution in [2.24, 2.45) is 0 Å². The van der Waals surface area contributed by atoms with Gasteiger partial charge in [-0.2, -0.15) is 5.10 Å². The molecule has 1 aromatic carbocycles. The van der Waals surface area contributed by atoms with Crippen molar-refractivity contribution in [3.8, 4) is 5.69 Å². The fourth-order valence-electron chi connectivity index (χ4n) is 3.16. The molecule has 134 valence electrons. The van der Waals surface area contributed by atoms with Crippen LogP contribution in [0.3, 0.4) is 0 Å². The van der Waals surface area contributed by atoms with Gasteiger partial charge < -0.3 is 5.32 Å². The Bertz CT molecular complexity index is 889. The van der Waals surface area contributed by atoms with Crippen molar-refractivity contribution >= 4 is 17.2 Å². The lowest BCUT2D eigenvalue weighted by Crippen LogP contribution is -2.42. The van der Waals surface area contributed by atoms with E-state index in [0.717, 1.165) is 17.7 Å². The zero-order chi connectivity index (χ0) is 17.9. The van der Waals surface area contributed by atoms with Crippen molar-refractivity contribution in [1.29, 1.82) is 0 Å². The Labute approximate surface area is 156 Å². The van der Waals surface area contributed by atoms with Crippen molar-refractivity contribution < 1.29 is 4.79 Å². The van der Waals surface area contributed by atoms with Crippen LogP contribution < -0.4 is 16.2 Å². The number of aryl methyl sites for hydroxylation is 1. The molecule has 3 N–H and O–H groups in total. The summed E-state index contributed by atoms with van der Waals surface area (Å²) in [7, 11) is 0. The molecule has 2 aromatic heterocycles. The van der Waals surface area contributed by atoms with Gasteiger partial charge in [0, 0.05) is 28.7 Å². The third-order valence-corrected chi connectivity index (χ3v) is 5.63. The quantitative estimate of drug-likeness (QED) is 0.648. The summed E-state index contributed by atoms with van der Waals surface area (Å²) in [6.07, 6.45) is 4.39. The lowest BCUT2D eigenvalue weighted by molar-refractivity contribution is -0.123. The van der Waals surface area contributed by atoms with Gasteiger partial charge in [0.25, 0.3) is 0 Å². The average Bonchev–Trinajstić information content (AvgIpc) is 3.40. The van der Waals surface area contributed by atoms with Gasteiger partial charge in [-0.3, -0.25) is 4.79 Å². The average molecular weight is 367 g/mol. The normalized spacial score (nSPS) is 19.6. The SMILES string of the molecule is Cc1ccc(C2CC(C(=O)NCc3ccccc3-n3cccn3)NN2)s1. The zero-order valence-electron chi connectivity index (χ0n) is 14.5. The molecule has 1 fully saturated rings. The number of hydrazine groups is 1. The van der Waals surface area contributed by atoms with Gasteiger partial charge in [0.1, 0.15) is 6.04 Å². The number of benzene rings is 1. The Balaban J connectivity index is 1.38. The molecule has 1 saturated heterocycles. The van der Waals surface area contributed by atoms with Crippen LogP contribution in [0.2, 0.25) is 0 Å². The Hall–Kier alpha value is -2.48. The molecule has 0 bridgehead atoms. The van der Waals surface area contributed by atoms with Crippen molar-refractivity contribution in [1.82, 2.24) is 25.9 Å². The van der Waals surface area contributed by atoms with Gasteiger partial charge in [-0.15, -0.1) is 11.3 Å². The van der Waals surface area contributed by atoms with E-state index in [1.165, 1.54) is 9.75 Å². The standard InChI is InChI=1S/C19H21N5OS/c1-13-7-8-18(26-13)15-11-16(23-22-15)19(25)20-12-14-5-2-3-6-17(14)24-10-4-9-21-24/h2-10,15-16,22-23H,11-12H2,1H3,(H,20,25). The first-order chi connectivity index (χ1) is 12.7. The van der Waals surface area contributed by atoms with E-state index in [-0.39, 0.29) is 18.0 Å². The number of hydrogen-bond donors (Lipinski definition) is 3. The summed E-state index contributed by atoms with van der Waals surface area (Å²) in [5.74, 6) is 0.00328.